The molecule has 0 fully saturated rings. The number of rotatable bonds is 9. The molecule has 1 nitrogen and oxygen atoms in total. The Morgan fingerprint density at radius 2 is 0.375 bits per heavy atom. The normalized spacial score (nSPS) is 11.4. The molecule has 194 valence electrons. The average molecular weight is 516 g/mol. The molecule has 0 aliphatic carbocycles. The first kappa shape index (κ1) is 25.6. The minimum atomic E-state index is -0.0155. The summed E-state index contributed by atoms with van der Waals surface area (Å²) in [6, 6.07) is 65.7. The monoisotopic (exact) mass is 515 g/mol. The molecule has 1 heteroatoms. The molecule has 0 N–H and O–H groups in total. The third-order valence-corrected chi connectivity index (χ3v) is 7.59. The maximum absolute atomic E-state index is 2.72. The Bertz CT molecular complexity index is 1250. The fourth-order valence-corrected chi connectivity index (χ4v) is 5.87. The van der Waals surface area contributed by atoms with Crippen LogP contribution in [0.2, 0.25) is 0 Å². The van der Waals surface area contributed by atoms with Crippen molar-refractivity contribution < 1.29 is 0 Å². The van der Waals surface area contributed by atoms with Gasteiger partial charge in [-0.3, -0.25) is 4.90 Å². The van der Waals surface area contributed by atoms with E-state index in [1.54, 1.807) is 0 Å². The van der Waals surface area contributed by atoms with E-state index in [1.165, 1.54) is 33.4 Å². The largest absolute Gasteiger partial charge is 0.270 e. The van der Waals surface area contributed by atoms with E-state index >= 15 is 0 Å². The molecule has 0 unspecified atom stereocenters. The molecule has 0 bridgehead atoms. The molecule has 0 saturated heterocycles. The number of hydrogen-bond acceptors (Lipinski definition) is 1. The SMILES string of the molecule is c1ccc(C(c2ccccc2)N(C(c2ccccc2)c2ccccc2)C(c2ccccc2)c2ccccc2)cc1. The zero-order chi connectivity index (χ0) is 27.0. The quantitative estimate of drug-likeness (QED) is 0.185. The molecule has 0 heterocycles. The van der Waals surface area contributed by atoms with Crippen LogP contribution in [0, 0.1) is 0 Å². The molecule has 0 saturated carbocycles. The van der Waals surface area contributed by atoms with Crippen molar-refractivity contribution in [3.05, 3.63) is 215 Å². The van der Waals surface area contributed by atoms with Crippen molar-refractivity contribution >= 4 is 0 Å². The Labute approximate surface area is 238 Å². The second-order valence-corrected chi connectivity index (χ2v) is 10.1. The van der Waals surface area contributed by atoms with Crippen molar-refractivity contribution in [2.24, 2.45) is 0 Å². The smallest absolute Gasteiger partial charge is 0.0619 e. The van der Waals surface area contributed by atoms with Crippen LogP contribution < -0.4 is 0 Å². The van der Waals surface area contributed by atoms with Crippen molar-refractivity contribution in [1.29, 1.82) is 0 Å². The van der Waals surface area contributed by atoms with Gasteiger partial charge >= 0.3 is 0 Å². The van der Waals surface area contributed by atoms with E-state index in [0.717, 1.165) is 0 Å². The lowest BCUT2D eigenvalue weighted by molar-refractivity contribution is 0.138. The van der Waals surface area contributed by atoms with Crippen LogP contribution >= 0.6 is 0 Å². The van der Waals surface area contributed by atoms with Gasteiger partial charge in [0.1, 0.15) is 0 Å². The van der Waals surface area contributed by atoms with Crippen LogP contribution in [0.25, 0.3) is 0 Å². The molecule has 6 aromatic rings. The summed E-state index contributed by atoms with van der Waals surface area (Å²) >= 11 is 0. The van der Waals surface area contributed by atoms with Crippen LogP contribution in [0.3, 0.4) is 0 Å². The fraction of sp³-hybridized carbons (Fsp3) is 0.0769. The number of benzene rings is 6. The summed E-state index contributed by atoms with van der Waals surface area (Å²) in [5, 5.41) is 0. The zero-order valence-electron chi connectivity index (χ0n) is 22.5. The maximum atomic E-state index is 2.72. The van der Waals surface area contributed by atoms with E-state index < -0.39 is 0 Å². The van der Waals surface area contributed by atoms with Gasteiger partial charge in [0, 0.05) is 0 Å². The molecule has 6 aromatic carbocycles. The highest BCUT2D eigenvalue weighted by Crippen LogP contribution is 2.47. The maximum Gasteiger partial charge on any atom is 0.0619 e. The lowest BCUT2D eigenvalue weighted by Crippen LogP contribution is -2.38. The molecule has 0 aliphatic rings. The molecule has 40 heavy (non-hydrogen) atoms. The summed E-state index contributed by atoms with van der Waals surface area (Å²) in [7, 11) is 0. The van der Waals surface area contributed by atoms with Gasteiger partial charge in [0.15, 0.2) is 0 Å². The second-order valence-electron chi connectivity index (χ2n) is 10.1. The standard InChI is InChI=1S/C39H33N/c1-7-19-31(20-8-1)37(32-21-9-2-10-22-32)40(38(33-23-11-3-12-24-33)34-25-13-4-14-26-34)39(35-27-15-5-16-28-35)36-29-17-6-18-30-36/h1-30,37-39H. The fourth-order valence-electron chi connectivity index (χ4n) is 5.87. The van der Waals surface area contributed by atoms with Crippen LogP contribution in [0.5, 0.6) is 0 Å². The van der Waals surface area contributed by atoms with Gasteiger partial charge in [-0.2, -0.15) is 0 Å². The number of hydrogen-bond donors (Lipinski definition) is 0. The summed E-state index contributed by atoms with van der Waals surface area (Å²) in [6.45, 7) is 0. The first-order valence-electron chi connectivity index (χ1n) is 14.0. The third-order valence-electron chi connectivity index (χ3n) is 7.59. The molecular formula is C39H33N. The van der Waals surface area contributed by atoms with Crippen LogP contribution in [0.1, 0.15) is 51.5 Å². The van der Waals surface area contributed by atoms with Gasteiger partial charge in [-0.15, -0.1) is 0 Å². The molecule has 0 radical (unpaired) electrons. The van der Waals surface area contributed by atoms with E-state index in [-0.39, 0.29) is 18.1 Å². The van der Waals surface area contributed by atoms with E-state index in [0.29, 0.717) is 0 Å². The van der Waals surface area contributed by atoms with Gasteiger partial charge < -0.3 is 0 Å². The highest BCUT2D eigenvalue weighted by Gasteiger charge is 2.37. The van der Waals surface area contributed by atoms with E-state index in [2.05, 4.69) is 187 Å². The summed E-state index contributed by atoms with van der Waals surface area (Å²) in [5.74, 6) is 0. The average Bonchev–Trinajstić information content (AvgIpc) is 3.04. The summed E-state index contributed by atoms with van der Waals surface area (Å²) in [6.07, 6.45) is 0. The van der Waals surface area contributed by atoms with Gasteiger partial charge in [0.05, 0.1) is 18.1 Å². The van der Waals surface area contributed by atoms with Crippen molar-refractivity contribution in [3.8, 4) is 0 Å². The Hall–Kier alpha value is -4.72. The lowest BCUT2D eigenvalue weighted by Gasteiger charge is -2.45. The van der Waals surface area contributed by atoms with Crippen molar-refractivity contribution in [2.75, 3.05) is 0 Å². The molecular weight excluding hydrogens is 482 g/mol. The van der Waals surface area contributed by atoms with Crippen LogP contribution in [0.15, 0.2) is 182 Å². The minimum absolute atomic E-state index is 0.0155. The molecule has 0 spiro atoms. The second kappa shape index (κ2) is 12.4. The highest BCUT2D eigenvalue weighted by molar-refractivity contribution is 5.42. The van der Waals surface area contributed by atoms with Crippen LogP contribution in [-0.2, 0) is 0 Å². The molecule has 0 amide bonds. The summed E-state index contributed by atoms with van der Waals surface area (Å²) in [4.78, 5) is 2.72. The molecule has 0 aliphatic heterocycles. The molecule has 6 rings (SSSR count). The Morgan fingerprint density at radius 3 is 0.525 bits per heavy atom. The predicted octanol–water partition coefficient (Wildman–Crippen LogP) is 9.66. The molecule has 0 atom stereocenters. The Morgan fingerprint density at radius 1 is 0.225 bits per heavy atom. The topological polar surface area (TPSA) is 3.24 Å². The first-order valence-corrected chi connectivity index (χ1v) is 14.0. The van der Waals surface area contributed by atoms with Crippen LogP contribution in [-0.4, -0.2) is 4.90 Å². The van der Waals surface area contributed by atoms with Crippen molar-refractivity contribution in [3.63, 3.8) is 0 Å². The zero-order valence-corrected chi connectivity index (χ0v) is 22.5. The summed E-state index contributed by atoms with van der Waals surface area (Å²) < 4.78 is 0. The highest BCUT2D eigenvalue weighted by atomic mass is 15.2. The first-order chi connectivity index (χ1) is 19.9. The third kappa shape index (κ3) is 5.52. The lowest BCUT2D eigenvalue weighted by atomic mass is 9.85. The van der Waals surface area contributed by atoms with Crippen LogP contribution in [0.4, 0.5) is 0 Å². The van der Waals surface area contributed by atoms with Crippen molar-refractivity contribution in [2.45, 2.75) is 18.1 Å². The predicted molar refractivity (Wildman–Crippen MR) is 166 cm³/mol. The Kier molecular flexibility index (Phi) is 7.94. The van der Waals surface area contributed by atoms with E-state index in [1.807, 2.05) is 0 Å². The van der Waals surface area contributed by atoms with Gasteiger partial charge in [0.25, 0.3) is 0 Å². The van der Waals surface area contributed by atoms with Crippen molar-refractivity contribution in [1.82, 2.24) is 4.90 Å². The minimum Gasteiger partial charge on any atom is -0.270 e. The Balaban J connectivity index is 1.69. The number of nitrogens with zero attached hydrogens (tertiary/aromatic N) is 1. The summed E-state index contributed by atoms with van der Waals surface area (Å²) in [5.41, 5.74) is 7.60. The van der Waals surface area contributed by atoms with Gasteiger partial charge in [-0.1, -0.05) is 182 Å². The van der Waals surface area contributed by atoms with Gasteiger partial charge in [-0.05, 0) is 33.4 Å². The van der Waals surface area contributed by atoms with Gasteiger partial charge in [0.2, 0.25) is 0 Å². The van der Waals surface area contributed by atoms with E-state index in [9.17, 15) is 0 Å². The van der Waals surface area contributed by atoms with E-state index in [4.69, 9.17) is 0 Å². The molecule has 0 aromatic heterocycles. The van der Waals surface area contributed by atoms with Gasteiger partial charge in [-0.25, -0.2) is 0 Å².